The largest absolute Gasteiger partial charge is 0.269 e. The van der Waals surface area contributed by atoms with Gasteiger partial charge in [-0.25, -0.2) is 4.98 Å². The van der Waals surface area contributed by atoms with Gasteiger partial charge in [0.25, 0.3) is 0 Å². The van der Waals surface area contributed by atoms with Gasteiger partial charge in [0.05, 0.1) is 11.0 Å². The van der Waals surface area contributed by atoms with E-state index in [0.29, 0.717) is 0 Å². The number of thioether (sulfide) groups is 1. The molecule has 0 amide bonds. The molecule has 0 unspecified atom stereocenters. The Balaban J connectivity index is 2.28. The van der Waals surface area contributed by atoms with Crippen molar-refractivity contribution in [3.63, 3.8) is 0 Å². The van der Waals surface area contributed by atoms with Crippen molar-refractivity contribution in [2.45, 2.75) is 19.4 Å². The zero-order chi connectivity index (χ0) is 8.60. The second-order valence-electron chi connectivity index (χ2n) is 3.39. The minimum atomic E-state index is 0.101. The van der Waals surface area contributed by atoms with Gasteiger partial charge >= 0.3 is 0 Å². The maximum Gasteiger partial charge on any atom is 0.118 e. The molecule has 0 spiro atoms. The standard InChI is InChI=1S/C8H10N2S2/c1-8(2)4-12-7(10-8)6-3-11-5-9-6/h3,5H,4H2,1-2H3. The number of aliphatic imine (C=N–C) groups is 1. The van der Waals surface area contributed by atoms with Crippen LogP contribution in [0, 0.1) is 0 Å². The molecular weight excluding hydrogens is 188 g/mol. The maximum absolute atomic E-state index is 4.59. The van der Waals surface area contributed by atoms with Gasteiger partial charge in [-0.1, -0.05) is 0 Å². The van der Waals surface area contributed by atoms with Crippen LogP contribution in [0.4, 0.5) is 0 Å². The fourth-order valence-electron chi connectivity index (χ4n) is 1.03. The average molecular weight is 198 g/mol. The molecule has 0 aromatic carbocycles. The van der Waals surface area contributed by atoms with Crippen molar-refractivity contribution in [3.8, 4) is 0 Å². The van der Waals surface area contributed by atoms with Gasteiger partial charge in [0.1, 0.15) is 10.7 Å². The minimum absolute atomic E-state index is 0.101. The quantitative estimate of drug-likeness (QED) is 0.692. The first-order chi connectivity index (χ1) is 5.67. The molecular formula is C8H10N2S2. The van der Waals surface area contributed by atoms with E-state index in [9.17, 15) is 0 Å². The van der Waals surface area contributed by atoms with Crippen LogP contribution in [0.3, 0.4) is 0 Å². The Morgan fingerprint density at radius 2 is 2.33 bits per heavy atom. The zero-order valence-electron chi connectivity index (χ0n) is 7.07. The lowest BCUT2D eigenvalue weighted by Gasteiger charge is -2.09. The molecule has 1 aliphatic rings. The molecule has 12 heavy (non-hydrogen) atoms. The lowest BCUT2D eigenvalue weighted by molar-refractivity contribution is 0.605. The Kier molecular flexibility index (Phi) is 1.96. The topological polar surface area (TPSA) is 25.2 Å². The van der Waals surface area contributed by atoms with Gasteiger partial charge in [0, 0.05) is 11.1 Å². The summed E-state index contributed by atoms with van der Waals surface area (Å²) in [5.74, 6) is 1.07. The molecule has 2 nitrogen and oxygen atoms in total. The predicted molar refractivity (Wildman–Crippen MR) is 55.2 cm³/mol. The average Bonchev–Trinajstić information content (AvgIpc) is 2.55. The number of hydrogen-bond donors (Lipinski definition) is 0. The van der Waals surface area contributed by atoms with Crippen LogP contribution in [0.15, 0.2) is 15.9 Å². The molecule has 0 fully saturated rings. The van der Waals surface area contributed by atoms with Gasteiger partial charge in [0.15, 0.2) is 0 Å². The highest BCUT2D eigenvalue weighted by Crippen LogP contribution is 2.29. The van der Waals surface area contributed by atoms with E-state index in [1.807, 2.05) is 10.9 Å². The van der Waals surface area contributed by atoms with Crippen LogP contribution in [0.2, 0.25) is 0 Å². The predicted octanol–water partition coefficient (Wildman–Crippen LogP) is 2.42. The fourth-order valence-corrected chi connectivity index (χ4v) is 2.77. The van der Waals surface area contributed by atoms with E-state index in [0.717, 1.165) is 16.5 Å². The van der Waals surface area contributed by atoms with E-state index >= 15 is 0 Å². The SMILES string of the molecule is CC1(C)CSC(c2cscn2)=N1. The van der Waals surface area contributed by atoms with Crippen molar-refractivity contribution in [3.05, 3.63) is 16.6 Å². The van der Waals surface area contributed by atoms with Gasteiger partial charge in [-0.3, -0.25) is 4.99 Å². The molecule has 0 bridgehead atoms. The zero-order valence-corrected chi connectivity index (χ0v) is 8.71. The van der Waals surface area contributed by atoms with E-state index in [-0.39, 0.29) is 5.54 Å². The molecule has 0 radical (unpaired) electrons. The third-order valence-electron chi connectivity index (χ3n) is 1.62. The summed E-state index contributed by atoms with van der Waals surface area (Å²) in [5, 5.41) is 3.15. The van der Waals surface area contributed by atoms with Gasteiger partial charge in [-0.05, 0) is 13.8 Å². The Hall–Kier alpha value is -0.350. The molecule has 4 heteroatoms. The third kappa shape index (κ3) is 1.54. The Bertz CT molecular complexity index is 301. The van der Waals surface area contributed by atoms with Crippen LogP contribution >= 0.6 is 23.1 Å². The lowest BCUT2D eigenvalue weighted by Crippen LogP contribution is -2.15. The van der Waals surface area contributed by atoms with Gasteiger partial charge in [0.2, 0.25) is 0 Å². The highest BCUT2D eigenvalue weighted by molar-refractivity contribution is 8.14. The van der Waals surface area contributed by atoms with Crippen LogP contribution in [0.5, 0.6) is 0 Å². The van der Waals surface area contributed by atoms with Crippen LogP contribution < -0.4 is 0 Å². The van der Waals surface area contributed by atoms with Crippen LogP contribution in [0.1, 0.15) is 19.5 Å². The molecule has 0 atom stereocenters. The highest BCUT2D eigenvalue weighted by atomic mass is 32.2. The summed E-state index contributed by atoms with van der Waals surface area (Å²) in [5.41, 5.74) is 2.99. The molecule has 0 N–H and O–H groups in total. The van der Waals surface area contributed by atoms with E-state index in [4.69, 9.17) is 0 Å². The van der Waals surface area contributed by atoms with Gasteiger partial charge in [-0.2, -0.15) is 0 Å². The van der Waals surface area contributed by atoms with Crippen molar-refractivity contribution in [2.75, 3.05) is 5.75 Å². The second kappa shape index (κ2) is 2.85. The van der Waals surface area contributed by atoms with E-state index in [1.165, 1.54) is 0 Å². The number of aromatic nitrogens is 1. The smallest absolute Gasteiger partial charge is 0.118 e. The summed E-state index contributed by atoms with van der Waals surface area (Å²) >= 11 is 3.42. The first-order valence-corrected chi connectivity index (χ1v) is 5.71. The van der Waals surface area contributed by atoms with Crippen molar-refractivity contribution < 1.29 is 0 Å². The molecule has 1 aromatic heterocycles. The van der Waals surface area contributed by atoms with Crippen LogP contribution in [-0.2, 0) is 0 Å². The van der Waals surface area contributed by atoms with E-state index in [2.05, 4.69) is 23.8 Å². The van der Waals surface area contributed by atoms with Gasteiger partial charge < -0.3 is 0 Å². The summed E-state index contributed by atoms with van der Waals surface area (Å²) in [6.45, 7) is 4.30. The third-order valence-corrected chi connectivity index (χ3v) is 3.63. The van der Waals surface area contributed by atoms with Crippen molar-refractivity contribution >= 4 is 28.1 Å². The molecule has 2 heterocycles. The Labute approximate surface area is 80.1 Å². The number of hydrogen-bond acceptors (Lipinski definition) is 4. The van der Waals surface area contributed by atoms with Crippen molar-refractivity contribution in [1.29, 1.82) is 0 Å². The molecule has 0 saturated carbocycles. The summed E-state index contributed by atoms with van der Waals surface area (Å²) in [6, 6.07) is 0. The first-order valence-electron chi connectivity index (χ1n) is 3.79. The number of nitrogens with zero attached hydrogens (tertiary/aromatic N) is 2. The second-order valence-corrected chi connectivity index (χ2v) is 5.07. The minimum Gasteiger partial charge on any atom is -0.269 e. The monoisotopic (exact) mass is 198 g/mol. The normalized spacial score (nSPS) is 21.0. The molecule has 64 valence electrons. The summed E-state index contributed by atoms with van der Waals surface area (Å²) in [4.78, 5) is 8.82. The highest BCUT2D eigenvalue weighted by Gasteiger charge is 2.26. The Morgan fingerprint density at radius 1 is 1.50 bits per heavy atom. The van der Waals surface area contributed by atoms with Gasteiger partial charge in [-0.15, -0.1) is 23.1 Å². The molecule has 2 rings (SSSR count). The summed E-state index contributed by atoms with van der Waals surface area (Å²) < 4.78 is 0. The van der Waals surface area contributed by atoms with E-state index in [1.54, 1.807) is 23.1 Å². The molecule has 1 aliphatic heterocycles. The van der Waals surface area contributed by atoms with Crippen LogP contribution in [-0.4, -0.2) is 21.3 Å². The van der Waals surface area contributed by atoms with E-state index < -0.39 is 0 Å². The number of thiazole rings is 1. The summed E-state index contributed by atoms with van der Waals surface area (Å²) in [6.07, 6.45) is 0. The first kappa shape index (κ1) is 8.26. The number of rotatable bonds is 1. The van der Waals surface area contributed by atoms with Crippen LogP contribution in [0.25, 0.3) is 0 Å². The Morgan fingerprint density at radius 3 is 2.83 bits per heavy atom. The summed E-state index contributed by atoms with van der Waals surface area (Å²) in [7, 11) is 0. The van der Waals surface area contributed by atoms with Crippen molar-refractivity contribution in [2.24, 2.45) is 4.99 Å². The lowest BCUT2D eigenvalue weighted by atomic mass is 10.1. The molecule has 1 aromatic rings. The van der Waals surface area contributed by atoms with Crippen molar-refractivity contribution in [1.82, 2.24) is 4.98 Å². The molecule has 0 aliphatic carbocycles. The maximum atomic E-state index is 4.59. The molecule has 0 saturated heterocycles. The fraction of sp³-hybridized carbons (Fsp3) is 0.500.